The van der Waals surface area contributed by atoms with E-state index in [1.54, 1.807) is 0 Å². The van der Waals surface area contributed by atoms with Crippen molar-refractivity contribution in [1.82, 2.24) is 4.72 Å². The molecule has 0 unspecified atom stereocenters. The Balaban J connectivity index is 2.52. The molecule has 0 saturated carbocycles. The van der Waals surface area contributed by atoms with E-state index in [0.29, 0.717) is 0 Å². The SMILES string of the molecule is O=C(O)CNS(=O)(=O)c1ccccc1-c1cccc(C(F)(F)F)c1. The lowest BCUT2D eigenvalue weighted by Crippen LogP contribution is -2.29. The first-order valence-electron chi connectivity index (χ1n) is 6.59. The summed E-state index contributed by atoms with van der Waals surface area (Å²) in [5.41, 5.74) is -0.812. The Morgan fingerprint density at radius 1 is 1.08 bits per heavy atom. The van der Waals surface area contributed by atoms with Gasteiger partial charge in [0, 0.05) is 5.56 Å². The van der Waals surface area contributed by atoms with Gasteiger partial charge in [-0.1, -0.05) is 30.3 Å². The summed E-state index contributed by atoms with van der Waals surface area (Å²) in [7, 11) is -4.19. The molecule has 0 atom stereocenters. The number of carbonyl (C=O) groups is 1. The molecular weight excluding hydrogens is 347 g/mol. The van der Waals surface area contributed by atoms with E-state index < -0.39 is 34.3 Å². The Hall–Kier alpha value is -2.39. The average molecular weight is 359 g/mol. The molecule has 128 valence electrons. The summed E-state index contributed by atoms with van der Waals surface area (Å²) in [6.45, 7) is -0.834. The highest BCUT2D eigenvalue weighted by molar-refractivity contribution is 7.89. The number of sulfonamides is 1. The molecule has 24 heavy (non-hydrogen) atoms. The maximum atomic E-state index is 12.8. The van der Waals surface area contributed by atoms with Crippen LogP contribution in [0.15, 0.2) is 53.4 Å². The molecule has 0 fully saturated rings. The van der Waals surface area contributed by atoms with Gasteiger partial charge in [-0.05, 0) is 23.8 Å². The maximum absolute atomic E-state index is 12.8. The van der Waals surface area contributed by atoms with E-state index in [9.17, 15) is 26.4 Å². The molecule has 2 aromatic rings. The zero-order valence-corrected chi connectivity index (χ0v) is 12.9. The molecule has 2 rings (SSSR count). The van der Waals surface area contributed by atoms with Crippen molar-refractivity contribution < 1.29 is 31.5 Å². The fraction of sp³-hybridized carbons (Fsp3) is 0.133. The largest absolute Gasteiger partial charge is 0.480 e. The molecule has 0 heterocycles. The zero-order valence-electron chi connectivity index (χ0n) is 12.0. The van der Waals surface area contributed by atoms with Crippen molar-refractivity contribution in [1.29, 1.82) is 0 Å². The number of carboxylic acid groups (broad SMARTS) is 1. The highest BCUT2D eigenvalue weighted by Gasteiger charge is 2.31. The van der Waals surface area contributed by atoms with Gasteiger partial charge in [-0.25, -0.2) is 8.42 Å². The van der Waals surface area contributed by atoms with E-state index in [4.69, 9.17) is 5.11 Å². The fourth-order valence-electron chi connectivity index (χ4n) is 2.04. The van der Waals surface area contributed by atoms with E-state index in [-0.39, 0.29) is 16.0 Å². The topological polar surface area (TPSA) is 83.5 Å². The molecule has 2 N–H and O–H groups in total. The van der Waals surface area contributed by atoms with Crippen molar-refractivity contribution >= 4 is 16.0 Å². The molecule has 2 aromatic carbocycles. The van der Waals surface area contributed by atoms with Crippen LogP contribution < -0.4 is 4.72 Å². The fourth-order valence-corrected chi connectivity index (χ4v) is 3.24. The number of rotatable bonds is 5. The van der Waals surface area contributed by atoms with Crippen LogP contribution in [0.25, 0.3) is 11.1 Å². The summed E-state index contributed by atoms with van der Waals surface area (Å²) in [6, 6.07) is 9.66. The van der Waals surface area contributed by atoms with Crippen LogP contribution in [0.4, 0.5) is 13.2 Å². The zero-order chi connectivity index (χ0) is 18.0. The molecule has 0 saturated heterocycles. The number of hydrogen-bond donors (Lipinski definition) is 2. The van der Waals surface area contributed by atoms with Crippen molar-refractivity contribution in [3.63, 3.8) is 0 Å². The Morgan fingerprint density at radius 3 is 2.38 bits per heavy atom. The van der Waals surface area contributed by atoms with Gasteiger partial charge in [0.2, 0.25) is 10.0 Å². The lowest BCUT2D eigenvalue weighted by molar-refractivity contribution is -0.137. The second-order valence-corrected chi connectivity index (χ2v) is 6.53. The number of nitrogens with one attached hydrogen (secondary N) is 1. The number of benzene rings is 2. The first-order valence-corrected chi connectivity index (χ1v) is 8.08. The lowest BCUT2D eigenvalue weighted by atomic mass is 10.0. The Labute approximate surface area is 135 Å². The average Bonchev–Trinajstić information content (AvgIpc) is 2.52. The van der Waals surface area contributed by atoms with Crippen LogP contribution in [0.1, 0.15) is 5.56 Å². The third-order valence-corrected chi connectivity index (χ3v) is 4.55. The standard InChI is InChI=1S/C15H12F3NO4S/c16-15(17,18)11-5-3-4-10(8-11)12-6-1-2-7-13(12)24(22,23)19-9-14(20)21/h1-8,19H,9H2,(H,20,21). The van der Waals surface area contributed by atoms with Crippen LogP contribution in [0.3, 0.4) is 0 Å². The molecule has 0 bridgehead atoms. The predicted octanol–water partition coefficient (Wildman–Crippen LogP) is 2.74. The summed E-state index contributed by atoms with van der Waals surface area (Å²) in [4.78, 5) is 10.2. The Morgan fingerprint density at radius 2 is 1.75 bits per heavy atom. The van der Waals surface area contributed by atoms with Gasteiger partial charge in [0.15, 0.2) is 0 Å². The third kappa shape index (κ3) is 4.12. The van der Waals surface area contributed by atoms with Gasteiger partial charge in [0.25, 0.3) is 0 Å². The summed E-state index contributed by atoms with van der Waals surface area (Å²) in [6.07, 6.45) is -4.56. The summed E-state index contributed by atoms with van der Waals surface area (Å²) in [5.74, 6) is -1.38. The Kier molecular flexibility index (Phi) is 4.95. The second-order valence-electron chi connectivity index (χ2n) is 4.79. The summed E-state index contributed by atoms with van der Waals surface area (Å²) in [5, 5.41) is 8.58. The van der Waals surface area contributed by atoms with Crippen LogP contribution in [-0.2, 0) is 21.0 Å². The number of alkyl halides is 3. The summed E-state index contributed by atoms with van der Waals surface area (Å²) >= 11 is 0. The number of aliphatic carboxylic acids is 1. The van der Waals surface area contributed by atoms with Crippen LogP contribution in [0.5, 0.6) is 0 Å². The minimum Gasteiger partial charge on any atom is -0.480 e. The van der Waals surface area contributed by atoms with Crippen molar-refractivity contribution in [2.75, 3.05) is 6.54 Å². The van der Waals surface area contributed by atoms with Gasteiger partial charge in [0.05, 0.1) is 10.5 Å². The third-order valence-electron chi connectivity index (χ3n) is 3.09. The van der Waals surface area contributed by atoms with Gasteiger partial charge < -0.3 is 5.11 Å². The number of halogens is 3. The monoisotopic (exact) mass is 359 g/mol. The lowest BCUT2D eigenvalue weighted by Gasteiger charge is -2.13. The second kappa shape index (κ2) is 6.62. The molecular formula is C15H12F3NO4S. The van der Waals surface area contributed by atoms with E-state index in [0.717, 1.165) is 12.1 Å². The number of carboxylic acids is 1. The molecule has 0 spiro atoms. The normalized spacial score (nSPS) is 12.1. The number of hydrogen-bond acceptors (Lipinski definition) is 3. The predicted molar refractivity (Wildman–Crippen MR) is 79.7 cm³/mol. The highest BCUT2D eigenvalue weighted by atomic mass is 32.2. The van der Waals surface area contributed by atoms with E-state index in [1.165, 1.54) is 36.4 Å². The van der Waals surface area contributed by atoms with Crippen LogP contribution in [0, 0.1) is 0 Å². The molecule has 0 aliphatic carbocycles. The summed E-state index contributed by atoms with van der Waals surface area (Å²) < 4.78 is 64.8. The van der Waals surface area contributed by atoms with Gasteiger partial charge in [-0.2, -0.15) is 17.9 Å². The first-order chi connectivity index (χ1) is 11.1. The van der Waals surface area contributed by atoms with Gasteiger partial charge in [0.1, 0.15) is 6.54 Å². The molecule has 5 nitrogen and oxygen atoms in total. The van der Waals surface area contributed by atoms with Crippen LogP contribution >= 0.6 is 0 Å². The molecule has 0 aliphatic heterocycles. The minimum absolute atomic E-state index is 0.0430. The van der Waals surface area contributed by atoms with Crippen molar-refractivity contribution in [2.24, 2.45) is 0 Å². The van der Waals surface area contributed by atoms with E-state index >= 15 is 0 Å². The Bertz CT molecular complexity index is 863. The molecule has 0 amide bonds. The van der Waals surface area contributed by atoms with Gasteiger partial charge in [-0.3, -0.25) is 4.79 Å². The molecule has 9 heteroatoms. The minimum atomic E-state index is -4.56. The van der Waals surface area contributed by atoms with Gasteiger partial charge >= 0.3 is 12.1 Å². The van der Waals surface area contributed by atoms with E-state index in [1.807, 2.05) is 4.72 Å². The van der Waals surface area contributed by atoms with Crippen molar-refractivity contribution in [2.45, 2.75) is 11.1 Å². The molecule has 0 aliphatic rings. The van der Waals surface area contributed by atoms with Crippen LogP contribution in [0.2, 0.25) is 0 Å². The first kappa shape index (κ1) is 18.0. The maximum Gasteiger partial charge on any atom is 0.416 e. The molecule has 0 radical (unpaired) electrons. The van der Waals surface area contributed by atoms with Crippen LogP contribution in [-0.4, -0.2) is 26.0 Å². The highest BCUT2D eigenvalue weighted by Crippen LogP contribution is 2.34. The van der Waals surface area contributed by atoms with Crippen molar-refractivity contribution in [3.05, 3.63) is 54.1 Å². The van der Waals surface area contributed by atoms with Crippen molar-refractivity contribution in [3.8, 4) is 11.1 Å². The smallest absolute Gasteiger partial charge is 0.416 e. The molecule has 0 aromatic heterocycles. The van der Waals surface area contributed by atoms with E-state index in [2.05, 4.69) is 0 Å². The van der Waals surface area contributed by atoms with Gasteiger partial charge in [-0.15, -0.1) is 0 Å². The quantitative estimate of drug-likeness (QED) is 0.860.